The highest BCUT2D eigenvalue weighted by Gasteiger charge is 2.38. The van der Waals surface area contributed by atoms with Crippen molar-refractivity contribution in [1.29, 1.82) is 0 Å². The van der Waals surface area contributed by atoms with Gasteiger partial charge in [0.2, 0.25) is 11.8 Å². The van der Waals surface area contributed by atoms with E-state index in [9.17, 15) is 4.79 Å². The molecule has 1 aromatic carbocycles. The summed E-state index contributed by atoms with van der Waals surface area (Å²) in [7, 11) is 2.01. The van der Waals surface area contributed by atoms with Crippen LogP contribution in [0.1, 0.15) is 55.8 Å². The van der Waals surface area contributed by atoms with Crippen molar-refractivity contribution < 1.29 is 9.32 Å². The summed E-state index contributed by atoms with van der Waals surface area (Å²) in [5.41, 5.74) is 1.66. The summed E-state index contributed by atoms with van der Waals surface area (Å²) in [6.07, 6.45) is 8.57. The van der Waals surface area contributed by atoms with Crippen molar-refractivity contribution in [2.75, 3.05) is 0 Å². The minimum absolute atomic E-state index is 0.00991. The average Bonchev–Trinajstić information content (AvgIpc) is 3.13. The van der Waals surface area contributed by atoms with Gasteiger partial charge in [-0.25, -0.2) is 0 Å². The Morgan fingerprint density at radius 1 is 1.22 bits per heavy atom. The predicted molar refractivity (Wildman–Crippen MR) is 103 cm³/mol. The Morgan fingerprint density at radius 3 is 2.67 bits per heavy atom. The van der Waals surface area contributed by atoms with Gasteiger partial charge in [0, 0.05) is 31.1 Å². The molecular formula is C21H26N4O2. The lowest BCUT2D eigenvalue weighted by atomic mass is 9.88. The second-order valence-corrected chi connectivity index (χ2v) is 7.64. The standard InChI is InChI=1S/C21H26N4O2/c1-15-22-20(24-27-15)21(11-7-3-4-8-12-21)23-19(26)13-16-14-25(2)18-10-6-5-9-17(16)18/h5-6,9-10,14H,3-4,7-8,11-13H2,1-2H3,(H,23,26). The lowest BCUT2D eigenvalue weighted by Crippen LogP contribution is -2.47. The maximum atomic E-state index is 13.0. The molecule has 1 N–H and O–H groups in total. The van der Waals surface area contributed by atoms with E-state index in [1.807, 2.05) is 25.4 Å². The zero-order valence-electron chi connectivity index (χ0n) is 16.0. The number of aromatic nitrogens is 3. The molecule has 1 saturated carbocycles. The summed E-state index contributed by atoms with van der Waals surface area (Å²) in [5.74, 6) is 1.17. The molecule has 0 aliphatic heterocycles. The van der Waals surface area contributed by atoms with Crippen molar-refractivity contribution in [3.05, 3.63) is 47.7 Å². The molecule has 6 heteroatoms. The number of rotatable bonds is 4. The molecule has 4 rings (SSSR count). The van der Waals surface area contributed by atoms with Gasteiger partial charge in [-0.3, -0.25) is 4.79 Å². The molecule has 1 amide bonds. The largest absolute Gasteiger partial charge is 0.350 e. The Hall–Kier alpha value is -2.63. The second kappa shape index (κ2) is 7.18. The number of nitrogens with one attached hydrogen (secondary N) is 1. The molecule has 0 saturated heterocycles. The number of hydrogen-bond acceptors (Lipinski definition) is 4. The number of carbonyl (C=O) groups is 1. The van der Waals surface area contributed by atoms with Crippen molar-refractivity contribution in [2.45, 2.75) is 57.4 Å². The van der Waals surface area contributed by atoms with Crippen LogP contribution in [0.4, 0.5) is 0 Å². The van der Waals surface area contributed by atoms with E-state index in [1.165, 1.54) is 12.8 Å². The highest BCUT2D eigenvalue weighted by atomic mass is 16.5. The first-order chi connectivity index (χ1) is 13.1. The summed E-state index contributed by atoms with van der Waals surface area (Å²) in [4.78, 5) is 17.5. The molecule has 0 atom stereocenters. The third kappa shape index (κ3) is 3.48. The summed E-state index contributed by atoms with van der Waals surface area (Å²) >= 11 is 0. The Bertz CT molecular complexity index is 948. The smallest absolute Gasteiger partial charge is 0.225 e. The SMILES string of the molecule is Cc1nc(C2(NC(=O)Cc3cn(C)c4ccccc34)CCCCCC2)no1. The van der Waals surface area contributed by atoms with Gasteiger partial charge in [0.05, 0.1) is 6.42 Å². The minimum Gasteiger partial charge on any atom is -0.350 e. The van der Waals surface area contributed by atoms with E-state index in [2.05, 4.69) is 32.2 Å². The zero-order chi connectivity index (χ0) is 18.9. The Balaban J connectivity index is 1.60. The first-order valence-electron chi connectivity index (χ1n) is 9.72. The number of benzene rings is 1. The lowest BCUT2D eigenvalue weighted by Gasteiger charge is -2.30. The third-order valence-electron chi connectivity index (χ3n) is 5.62. The number of fused-ring (bicyclic) bond motifs is 1. The first kappa shape index (κ1) is 17.8. The molecular weight excluding hydrogens is 340 g/mol. The minimum atomic E-state index is -0.518. The van der Waals surface area contributed by atoms with E-state index in [-0.39, 0.29) is 5.91 Å². The van der Waals surface area contributed by atoms with E-state index >= 15 is 0 Å². The van der Waals surface area contributed by atoms with Gasteiger partial charge in [0.25, 0.3) is 0 Å². The fourth-order valence-corrected chi connectivity index (χ4v) is 4.28. The van der Waals surface area contributed by atoms with Crippen molar-refractivity contribution in [3.8, 4) is 0 Å². The molecule has 0 bridgehead atoms. The summed E-state index contributed by atoms with van der Waals surface area (Å²) < 4.78 is 7.30. The van der Waals surface area contributed by atoms with Gasteiger partial charge in [-0.2, -0.15) is 4.98 Å². The van der Waals surface area contributed by atoms with Crippen LogP contribution in [0.25, 0.3) is 10.9 Å². The van der Waals surface area contributed by atoms with E-state index < -0.39 is 5.54 Å². The van der Waals surface area contributed by atoms with Crippen molar-refractivity contribution in [2.24, 2.45) is 7.05 Å². The third-order valence-corrected chi connectivity index (χ3v) is 5.62. The van der Waals surface area contributed by atoms with E-state index in [4.69, 9.17) is 4.52 Å². The number of nitrogens with zero attached hydrogens (tertiary/aromatic N) is 3. The molecule has 2 heterocycles. The maximum Gasteiger partial charge on any atom is 0.225 e. The van der Waals surface area contributed by atoms with Crippen LogP contribution < -0.4 is 5.32 Å². The number of carbonyl (C=O) groups excluding carboxylic acids is 1. The van der Waals surface area contributed by atoms with Crippen LogP contribution in [-0.4, -0.2) is 20.6 Å². The molecule has 1 aliphatic rings. The maximum absolute atomic E-state index is 13.0. The number of amides is 1. The van der Waals surface area contributed by atoms with E-state index in [0.717, 1.165) is 42.1 Å². The molecule has 1 aliphatic carbocycles. The van der Waals surface area contributed by atoms with Crippen LogP contribution in [0, 0.1) is 6.92 Å². The number of aryl methyl sites for hydroxylation is 2. The van der Waals surface area contributed by atoms with Crippen molar-refractivity contribution in [3.63, 3.8) is 0 Å². The van der Waals surface area contributed by atoms with Crippen LogP contribution in [0.5, 0.6) is 0 Å². The topological polar surface area (TPSA) is 73.0 Å². The fraction of sp³-hybridized carbons (Fsp3) is 0.476. The molecule has 0 unspecified atom stereocenters. The van der Waals surface area contributed by atoms with Gasteiger partial charge in [0.15, 0.2) is 5.82 Å². The van der Waals surface area contributed by atoms with Gasteiger partial charge in [-0.1, -0.05) is 49.0 Å². The first-order valence-corrected chi connectivity index (χ1v) is 9.72. The Morgan fingerprint density at radius 2 is 1.96 bits per heavy atom. The van der Waals surface area contributed by atoms with Gasteiger partial charge >= 0.3 is 0 Å². The quantitative estimate of drug-likeness (QED) is 0.713. The molecule has 1 fully saturated rings. The monoisotopic (exact) mass is 366 g/mol. The predicted octanol–water partition coefficient (Wildman–Crippen LogP) is 3.78. The molecule has 27 heavy (non-hydrogen) atoms. The lowest BCUT2D eigenvalue weighted by molar-refractivity contribution is -0.122. The van der Waals surface area contributed by atoms with Gasteiger partial charge in [-0.05, 0) is 24.5 Å². The van der Waals surface area contributed by atoms with Crippen LogP contribution in [0.15, 0.2) is 35.0 Å². The van der Waals surface area contributed by atoms with Crippen LogP contribution >= 0.6 is 0 Å². The molecule has 0 spiro atoms. The van der Waals surface area contributed by atoms with Gasteiger partial charge in [0.1, 0.15) is 5.54 Å². The fourth-order valence-electron chi connectivity index (χ4n) is 4.28. The Labute approximate surface area is 158 Å². The van der Waals surface area contributed by atoms with Crippen molar-refractivity contribution >= 4 is 16.8 Å². The van der Waals surface area contributed by atoms with Gasteiger partial charge in [-0.15, -0.1) is 0 Å². The summed E-state index contributed by atoms with van der Waals surface area (Å²) in [6.45, 7) is 1.79. The molecule has 0 radical (unpaired) electrons. The number of para-hydroxylation sites is 1. The molecule has 2 aromatic heterocycles. The summed E-state index contributed by atoms with van der Waals surface area (Å²) in [5, 5.41) is 8.58. The molecule has 6 nitrogen and oxygen atoms in total. The van der Waals surface area contributed by atoms with Crippen LogP contribution in [0.3, 0.4) is 0 Å². The molecule has 142 valence electrons. The highest BCUT2D eigenvalue weighted by Crippen LogP contribution is 2.35. The summed E-state index contributed by atoms with van der Waals surface area (Å²) in [6, 6.07) is 8.18. The normalized spacial score (nSPS) is 17.0. The second-order valence-electron chi connectivity index (χ2n) is 7.64. The van der Waals surface area contributed by atoms with E-state index in [1.54, 1.807) is 6.92 Å². The number of hydrogen-bond donors (Lipinski definition) is 1. The van der Waals surface area contributed by atoms with Crippen molar-refractivity contribution in [1.82, 2.24) is 20.0 Å². The molecule has 3 aromatic rings. The Kier molecular flexibility index (Phi) is 4.72. The average molecular weight is 366 g/mol. The van der Waals surface area contributed by atoms with Crippen LogP contribution in [-0.2, 0) is 23.8 Å². The van der Waals surface area contributed by atoms with E-state index in [0.29, 0.717) is 18.1 Å². The zero-order valence-corrected chi connectivity index (χ0v) is 16.0. The van der Waals surface area contributed by atoms with Gasteiger partial charge < -0.3 is 14.4 Å². The van der Waals surface area contributed by atoms with Crippen LogP contribution in [0.2, 0.25) is 0 Å². The highest BCUT2D eigenvalue weighted by molar-refractivity contribution is 5.89.